The average molecular weight is 691 g/mol. The van der Waals surface area contributed by atoms with Gasteiger partial charge < -0.3 is 38.6 Å². The second kappa shape index (κ2) is 12.9. The SMILES string of the molecule is O[C@]12c3ccccc3[C@@]1(N1CCOCC1)CCCCC21OCCCO1.O[C@]12c3ccccc3[C@@]1(N1CCOCC1)CCCCC21OCCCO1. The number of benzene rings is 2. The normalized spacial score (nSPS) is 37.6. The second-order valence-electron chi connectivity index (χ2n) is 15.5. The Morgan fingerprint density at radius 3 is 1.14 bits per heavy atom. The first-order valence-corrected chi connectivity index (χ1v) is 19.4. The van der Waals surface area contributed by atoms with Crippen molar-refractivity contribution in [3.05, 3.63) is 70.8 Å². The van der Waals surface area contributed by atoms with Crippen LogP contribution in [-0.4, -0.2) is 111 Å². The van der Waals surface area contributed by atoms with Gasteiger partial charge in [-0.05, 0) is 60.8 Å². The molecule has 10 nitrogen and oxygen atoms in total. The molecule has 0 aromatic heterocycles. The predicted molar refractivity (Wildman–Crippen MR) is 184 cm³/mol. The van der Waals surface area contributed by atoms with Crippen LogP contribution in [0, 0.1) is 0 Å². The minimum absolute atomic E-state index is 0.429. The van der Waals surface area contributed by atoms with Crippen molar-refractivity contribution in [3.63, 3.8) is 0 Å². The molecule has 0 unspecified atom stereocenters. The topological polar surface area (TPSA) is 102 Å². The molecule has 6 fully saturated rings. The summed E-state index contributed by atoms with van der Waals surface area (Å²) in [5, 5.41) is 24.6. The van der Waals surface area contributed by atoms with Crippen LogP contribution in [0.4, 0.5) is 0 Å². The number of rotatable bonds is 2. The maximum absolute atomic E-state index is 12.3. The molecule has 4 aliphatic carbocycles. The number of hydrogen-bond acceptors (Lipinski definition) is 10. The lowest BCUT2D eigenvalue weighted by Gasteiger charge is -2.67. The molecule has 4 saturated heterocycles. The molecular formula is C40H54N2O8. The summed E-state index contributed by atoms with van der Waals surface area (Å²) in [6.07, 6.45) is 9.35. The van der Waals surface area contributed by atoms with Crippen LogP contribution in [0.25, 0.3) is 0 Å². The average Bonchev–Trinajstić information content (AvgIpc) is 3.35. The molecule has 272 valence electrons. The van der Waals surface area contributed by atoms with Gasteiger partial charge in [-0.2, -0.15) is 0 Å². The van der Waals surface area contributed by atoms with Crippen LogP contribution in [0.3, 0.4) is 0 Å². The number of aliphatic hydroxyl groups is 2. The van der Waals surface area contributed by atoms with E-state index < -0.39 is 33.9 Å². The van der Waals surface area contributed by atoms with Crippen molar-refractivity contribution in [2.45, 2.75) is 98.1 Å². The molecule has 10 heteroatoms. The molecule has 2 spiro atoms. The van der Waals surface area contributed by atoms with Crippen molar-refractivity contribution in [2.24, 2.45) is 0 Å². The molecular weight excluding hydrogens is 636 g/mol. The Labute approximate surface area is 295 Å². The van der Waals surface area contributed by atoms with Gasteiger partial charge in [0.1, 0.15) is 0 Å². The Balaban J connectivity index is 0.000000135. The molecule has 4 atom stereocenters. The van der Waals surface area contributed by atoms with Crippen molar-refractivity contribution >= 4 is 0 Å². The second-order valence-corrected chi connectivity index (χ2v) is 15.5. The Kier molecular flexibility index (Phi) is 8.71. The van der Waals surface area contributed by atoms with Crippen LogP contribution in [0.5, 0.6) is 0 Å². The molecule has 0 bridgehead atoms. The van der Waals surface area contributed by atoms with Crippen LogP contribution >= 0.6 is 0 Å². The first-order valence-electron chi connectivity index (χ1n) is 19.4. The van der Waals surface area contributed by atoms with Crippen LogP contribution in [0.1, 0.15) is 86.5 Å². The van der Waals surface area contributed by atoms with E-state index in [0.717, 1.165) is 102 Å². The number of morpholine rings is 2. The van der Waals surface area contributed by atoms with E-state index in [1.54, 1.807) is 0 Å². The van der Waals surface area contributed by atoms with Crippen LogP contribution in [0.15, 0.2) is 48.5 Å². The summed E-state index contributed by atoms with van der Waals surface area (Å²) < 4.78 is 36.3. The van der Waals surface area contributed by atoms with E-state index >= 15 is 0 Å². The standard InChI is InChI=1S/2C20H27NO4/c2*22-20-17-7-2-1-6-16(17)18(20,21-10-14-23-15-11-21)8-3-4-9-19(20)24-12-5-13-25-19/h2*1-2,6-7,22H,3-5,8-15H2/t2*18-,20+/m00/s1. The van der Waals surface area contributed by atoms with Crippen molar-refractivity contribution < 1.29 is 38.6 Å². The summed E-state index contributed by atoms with van der Waals surface area (Å²) >= 11 is 0. The summed E-state index contributed by atoms with van der Waals surface area (Å²) in [7, 11) is 0. The van der Waals surface area contributed by atoms with Crippen LogP contribution in [0.2, 0.25) is 0 Å². The van der Waals surface area contributed by atoms with Crippen molar-refractivity contribution in [2.75, 3.05) is 79.0 Å². The molecule has 2 aromatic rings. The van der Waals surface area contributed by atoms with E-state index in [4.69, 9.17) is 28.4 Å². The van der Waals surface area contributed by atoms with E-state index in [1.807, 2.05) is 12.1 Å². The fraction of sp³-hybridized carbons (Fsp3) is 0.700. The van der Waals surface area contributed by atoms with Crippen molar-refractivity contribution in [3.8, 4) is 0 Å². The summed E-state index contributed by atoms with van der Waals surface area (Å²) in [5.41, 5.74) is 1.38. The van der Waals surface area contributed by atoms with E-state index in [-0.39, 0.29) is 0 Å². The lowest BCUT2D eigenvalue weighted by atomic mass is 9.53. The summed E-state index contributed by atoms with van der Waals surface area (Å²) in [5.74, 6) is -1.84. The third-order valence-corrected chi connectivity index (χ3v) is 13.4. The highest BCUT2D eigenvalue weighted by molar-refractivity contribution is 5.56. The molecule has 50 heavy (non-hydrogen) atoms. The first kappa shape index (κ1) is 33.8. The van der Waals surface area contributed by atoms with E-state index in [1.165, 1.54) is 11.1 Å². The molecule has 8 aliphatic rings. The Hall–Kier alpha value is -1.96. The molecule has 0 amide bonds. The minimum atomic E-state index is -1.12. The number of nitrogens with zero attached hydrogens (tertiary/aromatic N) is 2. The molecule has 2 aromatic carbocycles. The molecule has 4 heterocycles. The van der Waals surface area contributed by atoms with Crippen molar-refractivity contribution in [1.82, 2.24) is 9.80 Å². The Morgan fingerprint density at radius 2 is 0.760 bits per heavy atom. The van der Waals surface area contributed by atoms with E-state index in [2.05, 4.69) is 46.2 Å². The number of ether oxygens (including phenoxy) is 6. The zero-order chi connectivity index (χ0) is 33.9. The van der Waals surface area contributed by atoms with Gasteiger partial charge in [0.15, 0.2) is 11.2 Å². The van der Waals surface area contributed by atoms with E-state index in [0.29, 0.717) is 52.9 Å². The van der Waals surface area contributed by atoms with E-state index in [9.17, 15) is 10.2 Å². The predicted octanol–water partition coefficient (Wildman–Crippen LogP) is 4.25. The summed E-state index contributed by atoms with van der Waals surface area (Å²) in [4.78, 5) is 4.88. The zero-order valence-electron chi connectivity index (χ0n) is 29.4. The van der Waals surface area contributed by atoms with Gasteiger partial charge in [0, 0.05) is 39.0 Å². The maximum Gasteiger partial charge on any atom is 0.203 e. The minimum Gasteiger partial charge on any atom is -0.379 e. The van der Waals surface area contributed by atoms with Gasteiger partial charge >= 0.3 is 0 Å². The molecule has 10 rings (SSSR count). The van der Waals surface area contributed by atoms with Gasteiger partial charge in [-0.15, -0.1) is 0 Å². The molecule has 4 aliphatic heterocycles. The van der Waals surface area contributed by atoms with Crippen LogP contribution < -0.4 is 0 Å². The Bertz CT molecular complexity index is 1370. The lowest BCUT2D eigenvalue weighted by molar-refractivity contribution is -0.388. The third kappa shape index (κ3) is 4.38. The fourth-order valence-corrected chi connectivity index (χ4v) is 11.4. The quantitative estimate of drug-likeness (QED) is 0.476. The van der Waals surface area contributed by atoms with Crippen LogP contribution in [-0.2, 0) is 50.7 Å². The zero-order valence-corrected chi connectivity index (χ0v) is 29.4. The molecule has 0 radical (unpaired) electrons. The van der Waals surface area contributed by atoms with Crippen molar-refractivity contribution in [1.29, 1.82) is 0 Å². The molecule has 2 saturated carbocycles. The van der Waals surface area contributed by atoms with Gasteiger partial charge in [-0.1, -0.05) is 61.4 Å². The number of hydrogen-bond donors (Lipinski definition) is 2. The maximum atomic E-state index is 12.3. The smallest absolute Gasteiger partial charge is 0.203 e. The summed E-state index contributed by atoms with van der Waals surface area (Å²) in [6.45, 7) is 8.85. The lowest BCUT2D eigenvalue weighted by Crippen LogP contribution is -2.77. The Morgan fingerprint density at radius 1 is 0.420 bits per heavy atom. The molecule has 2 N–H and O–H groups in total. The first-order chi connectivity index (χ1) is 24.5. The van der Waals surface area contributed by atoms with Gasteiger partial charge in [-0.25, -0.2) is 0 Å². The highest BCUT2D eigenvalue weighted by atomic mass is 16.7. The van der Waals surface area contributed by atoms with Gasteiger partial charge in [0.2, 0.25) is 11.6 Å². The summed E-state index contributed by atoms with van der Waals surface area (Å²) in [6, 6.07) is 16.7. The fourth-order valence-electron chi connectivity index (χ4n) is 11.4. The highest BCUT2D eigenvalue weighted by Crippen LogP contribution is 2.68. The monoisotopic (exact) mass is 690 g/mol. The third-order valence-electron chi connectivity index (χ3n) is 13.4. The number of fused-ring (bicyclic) bond motifs is 10. The highest BCUT2D eigenvalue weighted by Gasteiger charge is 2.77. The van der Waals surface area contributed by atoms with Gasteiger partial charge in [0.05, 0.1) is 63.9 Å². The van der Waals surface area contributed by atoms with Gasteiger partial charge in [-0.3, -0.25) is 9.80 Å². The largest absolute Gasteiger partial charge is 0.379 e. The van der Waals surface area contributed by atoms with Gasteiger partial charge in [0.25, 0.3) is 0 Å².